The normalized spacial score (nSPS) is 42.1. The van der Waals surface area contributed by atoms with Crippen LogP contribution in [0.1, 0.15) is 54.7 Å². The first kappa shape index (κ1) is 9.51. The van der Waals surface area contributed by atoms with Crippen LogP contribution in [-0.4, -0.2) is 10.7 Å². The minimum atomic E-state index is -0.548. The van der Waals surface area contributed by atoms with Gasteiger partial charge in [0, 0.05) is 1.37 Å². The molecular formula is C12H24O. The molecule has 0 saturated heterocycles. The van der Waals surface area contributed by atoms with Crippen molar-refractivity contribution in [1.82, 2.24) is 0 Å². The Morgan fingerprint density at radius 2 is 2.23 bits per heavy atom. The highest BCUT2D eigenvalue weighted by atomic mass is 16.3. The predicted octanol–water partition coefficient (Wildman–Crippen LogP) is 3.22. The molecule has 0 aromatic carbocycles. The number of rotatable bonds is 2. The molecule has 1 saturated carbocycles. The molecule has 1 N–H and O–H groups in total. The third-order valence-electron chi connectivity index (χ3n) is 3.60. The summed E-state index contributed by atoms with van der Waals surface area (Å²) in [5.41, 5.74) is -0.548. The first-order valence-electron chi connectivity index (χ1n) is 6.22. The van der Waals surface area contributed by atoms with Gasteiger partial charge in [0.25, 0.3) is 0 Å². The fourth-order valence-electron chi connectivity index (χ4n) is 2.83. The summed E-state index contributed by atoms with van der Waals surface area (Å²) in [5, 5.41) is 10.6. The Bertz CT molecular complexity index is 181. The lowest BCUT2D eigenvalue weighted by Gasteiger charge is -2.44. The molecule has 1 heteroatoms. The molecule has 13 heavy (non-hydrogen) atoms. The monoisotopic (exact) mass is 185 g/mol. The smallest absolute Gasteiger partial charge is 0.0678 e. The van der Waals surface area contributed by atoms with Crippen molar-refractivity contribution in [3.05, 3.63) is 0 Å². The third kappa shape index (κ3) is 2.25. The molecule has 0 spiro atoms. The van der Waals surface area contributed by atoms with Gasteiger partial charge in [0.15, 0.2) is 0 Å². The zero-order valence-electron chi connectivity index (χ0n) is 10.2. The molecule has 1 nitrogen and oxygen atoms in total. The molecule has 0 radical (unpaired) electrons. The van der Waals surface area contributed by atoms with Gasteiger partial charge >= 0.3 is 0 Å². The van der Waals surface area contributed by atoms with Gasteiger partial charge in [-0.3, -0.25) is 0 Å². The van der Waals surface area contributed by atoms with Crippen LogP contribution in [0, 0.1) is 17.8 Å². The van der Waals surface area contributed by atoms with Gasteiger partial charge in [-0.25, -0.2) is 0 Å². The van der Waals surface area contributed by atoms with Gasteiger partial charge in [0.1, 0.15) is 0 Å². The maximum atomic E-state index is 10.6. The van der Waals surface area contributed by atoms with E-state index in [1.165, 1.54) is 6.42 Å². The summed E-state index contributed by atoms with van der Waals surface area (Å²) in [6, 6.07) is 0. The average molecular weight is 185 g/mol. The molecule has 0 heterocycles. The Morgan fingerprint density at radius 3 is 2.77 bits per heavy atom. The van der Waals surface area contributed by atoms with Crippen LogP contribution in [0.3, 0.4) is 0 Å². The molecular weight excluding hydrogens is 160 g/mol. The van der Waals surface area contributed by atoms with Crippen molar-refractivity contribution in [2.24, 2.45) is 17.8 Å². The quantitative estimate of drug-likeness (QED) is 0.700. The van der Waals surface area contributed by atoms with Gasteiger partial charge in [-0.05, 0) is 37.0 Å². The summed E-state index contributed by atoms with van der Waals surface area (Å²) in [6.45, 7) is 6.95. The zero-order chi connectivity index (χ0) is 10.8. The lowest BCUT2D eigenvalue weighted by molar-refractivity contribution is -0.0824. The summed E-state index contributed by atoms with van der Waals surface area (Å²) in [6.07, 6.45) is 3.92. The van der Waals surface area contributed by atoms with Crippen LogP contribution in [0.2, 0.25) is 0 Å². The molecule has 0 amide bonds. The maximum absolute atomic E-state index is 10.6. The van der Waals surface area contributed by atoms with Crippen molar-refractivity contribution >= 4 is 0 Å². The highest BCUT2D eigenvalue weighted by Gasteiger charge is 2.40. The number of hydrogen-bond donors (Lipinski definition) is 1. The largest absolute Gasteiger partial charge is 0.390 e. The van der Waals surface area contributed by atoms with Crippen LogP contribution in [0.4, 0.5) is 0 Å². The van der Waals surface area contributed by atoms with E-state index in [9.17, 15) is 5.11 Å². The maximum Gasteiger partial charge on any atom is 0.0678 e. The lowest BCUT2D eigenvalue weighted by atomic mass is 9.66. The van der Waals surface area contributed by atoms with Crippen molar-refractivity contribution in [3.8, 4) is 0 Å². The molecule has 1 aliphatic rings. The standard InChI is InChI=1S/C12H24O/c1-5-12(13)8-10(4)6-7-11(12)9(2)3/h9-11,13H,5-8H2,1-4H3/t10-,11+,12+/m1/s1/i1D. The summed E-state index contributed by atoms with van der Waals surface area (Å²) in [4.78, 5) is 0. The first-order chi connectivity index (χ1) is 6.49. The van der Waals surface area contributed by atoms with Crippen LogP contribution < -0.4 is 0 Å². The molecule has 0 aromatic rings. The van der Waals surface area contributed by atoms with Crippen molar-refractivity contribution in [2.45, 2.75) is 59.0 Å². The van der Waals surface area contributed by atoms with Crippen LogP contribution in [0.5, 0.6) is 0 Å². The van der Waals surface area contributed by atoms with Crippen LogP contribution >= 0.6 is 0 Å². The minimum Gasteiger partial charge on any atom is -0.390 e. The Morgan fingerprint density at radius 1 is 1.54 bits per heavy atom. The van der Waals surface area contributed by atoms with Gasteiger partial charge in [-0.15, -0.1) is 0 Å². The van der Waals surface area contributed by atoms with E-state index < -0.39 is 5.60 Å². The van der Waals surface area contributed by atoms with Gasteiger partial charge in [0.05, 0.1) is 5.60 Å². The highest BCUT2D eigenvalue weighted by Crippen LogP contribution is 2.42. The molecule has 3 atom stereocenters. The van der Waals surface area contributed by atoms with E-state index in [4.69, 9.17) is 1.37 Å². The summed E-state index contributed by atoms with van der Waals surface area (Å²) >= 11 is 0. The SMILES string of the molecule is [2H]CC[C@]1(O)C[C@H](C)CC[C@H]1C(C)C. The Hall–Kier alpha value is -0.0400. The zero-order valence-corrected chi connectivity index (χ0v) is 9.21. The molecule has 1 aliphatic carbocycles. The second-order valence-electron chi connectivity index (χ2n) is 5.09. The molecule has 0 unspecified atom stereocenters. The Balaban J connectivity index is 2.72. The fraction of sp³-hybridized carbons (Fsp3) is 1.00. The van der Waals surface area contributed by atoms with Gasteiger partial charge in [-0.2, -0.15) is 0 Å². The van der Waals surface area contributed by atoms with Crippen LogP contribution in [-0.2, 0) is 0 Å². The topological polar surface area (TPSA) is 20.2 Å². The molecule has 78 valence electrons. The van der Waals surface area contributed by atoms with E-state index in [2.05, 4.69) is 20.8 Å². The first-order valence-corrected chi connectivity index (χ1v) is 5.51. The van der Waals surface area contributed by atoms with Crippen molar-refractivity contribution in [3.63, 3.8) is 0 Å². The van der Waals surface area contributed by atoms with E-state index in [1.807, 2.05) is 0 Å². The van der Waals surface area contributed by atoms with Crippen molar-refractivity contribution < 1.29 is 6.48 Å². The van der Waals surface area contributed by atoms with E-state index in [0.717, 1.165) is 12.8 Å². The van der Waals surface area contributed by atoms with Gasteiger partial charge in [-0.1, -0.05) is 34.1 Å². The lowest BCUT2D eigenvalue weighted by Crippen LogP contribution is -2.44. The second kappa shape index (κ2) is 4.00. The predicted molar refractivity (Wildman–Crippen MR) is 56.6 cm³/mol. The number of aliphatic hydroxyl groups is 1. The van der Waals surface area contributed by atoms with Gasteiger partial charge < -0.3 is 5.11 Å². The molecule has 0 bridgehead atoms. The average Bonchev–Trinajstić information content (AvgIpc) is 2.02. The molecule has 0 aliphatic heterocycles. The third-order valence-corrected chi connectivity index (χ3v) is 3.60. The van der Waals surface area contributed by atoms with Crippen LogP contribution in [0.25, 0.3) is 0 Å². The minimum absolute atomic E-state index is 0.354. The summed E-state index contributed by atoms with van der Waals surface area (Å²) in [7, 11) is 0. The van der Waals surface area contributed by atoms with E-state index in [1.54, 1.807) is 0 Å². The number of hydrogen-bond acceptors (Lipinski definition) is 1. The molecule has 1 rings (SSSR count). The second-order valence-corrected chi connectivity index (χ2v) is 5.09. The summed E-state index contributed by atoms with van der Waals surface area (Å²) < 4.78 is 7.30. The fourth-order valence-corrected chi connectivity index (χ4v) is 2.83. The van der Waals surface area contributed by atoms with Crippen molar-refractivity contribution in [2.75, 3.05) is 0 Å². The Kier molecular flexibility index (Phi) is 2.92. The molecule has 1 fully saturated rings. The van der Waals surface area contributed by atoms with E-state index >= 15 is 0 Å². The van der Waals surface area contributed by atoms with Gasteiger partial charge in [0.2, 0.25) is 0 Å². The highest BCUT2D eigenvalue weighted by molar-refractivity contribution is 4.92. The molecule has 0 aromatic heterocycles. The van der Waals surface area contributed by atoms with E-state index in [0.29, 0.717) is 31.1 Å². The van der Waals surface area contributed by atoms with Crippen molar-refractivity contribution in [1.29, 1.82) is 0 Å². The van der Waals surface area contributed by atoms with Crippen LogP contribution in [0.15, 0.2) is 0 Å². The summed E-state index contributed by atoms with van der Waals surface area (Å²) in [5.74, 6) is 1.57. The van der Waals surface area contributed by atoms with E-state index in [-0.39, 0.29) is 0 Å². The Labute approximate surface area is 83.9 Å².